The van der Waals surface area contributed by atoms with Gasteiger partial charge >= 0.3 is 0 Å². The highest BCUT2D eigenvalue weighted by atomic mass is 32.2. The molecular weight excluding hydrogens is 316 g/mol. The van der Waals surface area contributed by atoms with E-state index in [1.165, 1.54) is 18.4 Å². The normalized spacial score (nSPS) is 22.4. The van der Waals surface area contributed by atoms with E-state index in [1.54, 1.807) is 12.1 Å². The van der Waals surface area contributed by atoms with Crippen molar-refractivity contribution in [1.82, 2.24) is 9.62 Å². The Labute approximate surface area is 138 Å². The summed E-state index contributed by atoms with van der Waals surface area (Å²) in [5.74, 6) is -0.516. The van der Waals surface area contributed by atoms with Crippen LogP contribution in [-0.4, -0.2) is 51.9 Å². The molecular formula is C16H26N2O4S. The molecule has 0 aliphatic carbocycles. The second kappa shape index (κ2) is 6.86. The highest BCUT2D eigenvalue weighted by Crippen LogP contribution is 2.23. The molecule has 0 amide bonds. The molecule has 0 unspecified atom stereocenters. The van der Waals surface area contributed by atoms with Crippen molar-refractivity contribution in [2.75, 3.05) is 27.2 Å². The highest BCUT2D eigenvalue weighted by molar-refractivity contribution is 7.89. The van der Waals surface area contributed by atoms with E-state index in [1.807, 2.05) is 32.9 Å². The number of hydrogen-bond donors (Lipinski definition) is 1. The Morgan fingerprint density at radius 2 is 1.91 bits per heavy atom. The van der Waals surface area contributed by atoms with E-state index in [9.17, 15) is 8.42 Å². The average molecular weight is 342 g/mol. The fourth-order valence-corrected chi connectivity index (χ4v) is 3.33. The van der Waals surface area contributed by atoms with Gasteiger partial charge in [0.25, 0.3) is 0 Å². The minimum absolute atomic E-state index is 0.0286. The van der Waals surface area contributed by atoms with E-state index < -0.39 is 15.8 Å². The van der Waals surface area contributed by atoms with Crippen molar-refractivity contribution < 1.29 is 17.9 Å². The van der Waals surface area contributed by atoms with Crippen LogP contribution >= 0.6 is 0 Å². The van der Waals surface area contributed by atoms with Gasteiger partial charge in [-0.05, 0) is 38.5 Å². The summed E-state index contributed by atoms with van der Waals surface area (Å²) in [6.07, 6.45) is 0.0286. The molecule has 0 aromatic heterocycles. The molecule has 1 N–H and O–H groups in total. The second-order valence-corrected chi connectivity index (χ2v) is 8.59. The van der Waals surface area contributed by atoms with Crippen LogP contribution in [0.3, 0.4) is 0 Å². The Morgan fingerprint density at radius 3 is 2.39 bits per heavy atom. The van der Waals surface area contributed by atoms with Gasteiger partial charge in [-0.15, -0.1) is 0 Å². The summed E-state index contributed by atoms with van der Waals surface area (Å²) >= 11 is 0. The van der Waals surface area contributed by atoms with Gasteiger partial charge in [0.1, 0.15) is 0 Å². The van der Waals surface area contributed by atoms with Gasteiger partial charge in [-0.2, -0.15) is 0 Å². The summed E-state index contributed by atoms with van der Waals surface area (Å²) in [5, 5.41) is 3.39. The molecule has 1 aromatic rings. The van der Waals surface area contributed by atoms with Gasteiger partial charge in [0.15, 0.2) is 5.79 Å². The van der Waals surface area contributed by atoms with E-state index in [2.05, 4.69) is 5.32 Å². The van der Waals surface area contributed by atoms with E-state index >= 15 is 0 Å². The van der Waals surface area contributed by atoms with E-state index in [0.29, 0.717) is 18.0 Å². The smallest absolute Gasteiger partial charge is 0.242 e. The number of nitrogens with zero attached hydrogens (tertiary/aromatic N) is 1. The van der Waals surface area contributed by atoms with Crippen LogP contribution in [-0.2, 0) is 19.5 Å². The predicted molar refractivity (Wildman–Crippen MR) is 88.6 cm³/mol. The number of hydrogen-bond acceptors (Lipinski definition) is 5. The maximum Gasteiger partial charge on any atom is 0.242 e. The van der Waals surface area contributed by atoms with E-state index in [0.717, 1.165) is 5.56 Å². The monoisotopic (exact) mass is 342 g/mol. The van der Waals surface area contributed by atoms with Crippen LogP contribution in [0.25, 0.3) is 0 Å². The molecule has 0 spiro atoms. The van der Waals surface area contributed by atoms with E-state index in [4.69, 9.17) is 9.47 Å². The summed E-state index contributed by atoms with van der Waals surface area (Å²) in [4.78, 5) is 0.299. The Bertz CT molecular complexity index is 626. The summed E-state index contributed by atoms with van der Waals surface area (Å²) < 4.78 is 36.6. The topological polar surface area (TPSA) is 67.9 Å². The Morgan fingerprint density at radius 1 is 1.30 bits per heavy atom. The molecule has 1 aliphatic heterocycles. The SMILES string of the molecule is C[C@H](NC[C@@H]1COC(C)(C)O1)c1ccc(S(=O)(=O)N(C)C)cc1. The first-order valence-corrected chi connectivity index (χ1v) is 9.13. The molecule has 2 atom stereocenters. The molecule has 1 heterocycles. The highest BCUT2D eigenvalue weighted by Gasteiger charge is 2.32. The molecule has 0 saturated carbocycles. The minimum Gasteiger partial charge on any atom is -0.348 e. The molecule has 130 valence electrons. The van der Waals surface area contributed by atoms with Crippen LogP contribution in [0.1, 0.15) is 32.4 Å². The standard InChI is InChI=1S/C16H26N2O4S/c1-12(17-10-14-11-21-16(2,3)22-14)13-6-8-15(9-7-13)23(19,20)18(4)5/h6-9,12,14,17H,10-11H2,1-5H3/t12-,14+/m0/s1. The van der Waals surface area contributed by atoms with Crippen molar-refractivity contribution in [3.63, 3.8) is 0 Å². The molecule has 6 nitrogen and oxygen atoms in total. The van der Waals surface area contributed by atoms with Crippen molar-refractivity contribution in [2.24, 2.45) is 0 Å². The Hall–Kier alpha value is -0.990. The summed E-state index contributed by atoms with van der Waals surface area (Å²) in [6, 6.07) is 7.05. The maximum absolute atomic E-state index is 12.1. The summed E-state index contributed by atoms with van der Waals surface area (Å²) in [6.45, 7) is 7.10. The van der Waals surface area contributed by atoms with Gasteiger partial charge < -0.3 is 14.8 Å². The third-order valence-corrected chi connectivity index (χ3v) is 5.71. The van der Waals surface area contributed by atoms with Crippen molar-refractivity contribution in [2.45, 2.75) is 43.6 Å². The molecule has 0 radical (unpaired) electrons. The maximum atomic E-state index is 12.1. The Balaban J connectivity index is 1.94. The lowest BCUT2D eigenvalue weighted by Gasteiger charge is -2.20. The average Bonchev–Trinajstić information content (AvgIpc) is 2.84. The summed E-state index contributed by atoms with van der Waals surface area (Å²) in [5.41, 5.74) is 1.03. The quantitative estimate of drug-likeness (QED) is 0.853. The fourth-order valence-electron chi connectivity index (χ4n) is 2.43. The second-order valence-electron chi connectivity index (χ2n) is 6.44. The zero-order valence-electron chi connectivity index (χ0n) is 14.4. The lowest BCUT2D eigenvalue weighted by molar-refractivity contribution is -0.137. The lowest BCUT2D eigenvalue weighted by Crippen LogP contribution is -2.32. The first-order valence-electron chi connectivity index (χ1n) is 7.69. The van der Waals surface area contributed by atoms with E-state index in [-0.39, 0.29) is 12.1 Å². The van der Waals surface area contributed by atoms with Crippen LogP contribution < -0.4 is 5.32 Å². The number of nitrogens with one attached hydrogen (secondary N) is 1. The number of benzene rings is 1. The third kappa shape index (κ3) is 4.51. The van der Waals surface area contributed by atoms with Crippen molar-refractivity contribution in [3.8, 4) is 0 Å². The van der Waals surface area contributed by atoms with Gasteiger partial charge in [0.2, 0.25) is 10.0 Å². The summed E-state index contributed by atoms with van der Waals surface area (Å²) in [7, 11) is -0.329. The fraction of sp³-hybridized carbons (Fsp3) is 0.625. The molecule has 23 heavy (non-hydrogen) atoms. The molecule has 0 bridgehead atoms. The van der Waals surface area contributed by atoms with Crippen LogP contribution in [0, 0.1) is 0 Å². The third-order valence-electron chi connectivity index (χ3n) is 3.88. The van der Waals surface area contributed by atoms with Gasteiger partial charge in [-0.1, -0.05) is 12.1 Å². The molecule has 1 fully saturated rings. The van der Waals surface area contributed by atoms with Crippen molar-refractivity contribution in [3.05, 3.63) is 29.8 Å². The van der Waals surface area contributed by atoms with Crippen LogP contribution in [0.4, 0.5) is 0 Å². The van der Waals surface area contributed by atoms with Gasteiger partial charge in [0.05, 0.1) is 17.6 Å². The number of sulfonamides is 1. The minimum atomic E-state index is -3.38. The van der Waals surface area contributed by atoms with Crippen molar-refractivity contribution >= 4 is 10.0 Å². The van der Waals surface area contributed by atoms with Gasteiger partial charge in [-0.25, -0.2) is 12.7 Å². The molecule has 1 saturated heterocycles. The number of ether oxygens (including phenoxy) is 2. The Kier molecular flexibility index (Phi) is 5.48. The predicted octanol–water partition coefficient (Wildman–Crippen LogP) is 1.74. The first-order chi connectivity index (χ1) is 10.6. The zero-order chi connectivity index (χ0) is 17.3. The lowest BCUT2D eigenvalue weighted by atomic mass is 10.1. The molecule has 7 heteroatoms. The molecule has 1 aliphatic rings. The van der Waals surface area contributed by atoms with Crippen molar-refractivity contribution in [1.29, 1.82) is 0 Å². The first kappa shape index (κ1) is 18.4. The molecule has 2 rings (SSSR count). The van der Waals surface area contributed by atoms with Crippen LogP contribution in [0.5, 0.6) is 0 Å². The van der Waals surface area contributed by atoms with Crippen LogP contribution in [0.2, 0.25) is 0 Å². The molecule has 1 aromatic carbocycles. The largest absolute Gasteiger partial charge is 0.348 e. The number of rotatable bonds is 6. The van der Waals surface area contributed by atoms with Gasteiger partial charge in [-0.3, -0.25) is 0 Å². The van der Waals surface area contributed by atoms with Crippen LogP contribution in [0.15, 0.2) is 29.2 Å². The zero-order valence-corrected chi connectivity index (χ0v) is 15.2. The van der Waals surface area contributed by atoms with Gasteiger partial charge in [0, 0.05) is 26.7 Å².